The minimum atomic E-state index is -0.982. The third-order valence-corrected chi connectivity index (χ3v) is 3.30. The van der Waals surface area contributed by atoms with Crippen LogP contribution in [0.4, 0.5) is 0 Å². The zero-order chi connectivity index (χ0) is 11.7. The van der Waals surface area contributed by atoms with Crippen molar-refractivity contribution in [2.75, 3.05) is 0 Å². The van der Waals surface area contributed by atoms with Gasteiger partial charge >= 0.3 is 5.97 Å². The van der Waals surface area contributed by atoms with Crippen LogP contribution in [0.15, 0.2) is 18.2 Å². The van der Waals surface area contributed by atoms with Crippen LogP contribution in [-0.2, 0) is 11.2 Å². The van der Waals surface area contributed by atoms with Crippen LogP contribution in [0.2, 0.25) is 0 Å². The second-order valence-corrected chi connectivity index (χ2v) is 4.88. The van der Waals surface area contributed by atoms with Gasteiger partial charge in [0.25, 0.3) is 0 Å². The number of hydrogen-bond acceptors (Lipinski definition) is 4. The van der Waals surface area contributed by atoms with Gasteiger partial charge in [-0.05, 0) is 18.6 Å². The average molecular weight is 236 g/mol. The lowest BCUT2D eigenvalue weighted by Gasteiger charge is -2.06. The van der Waals surface area contributed by atoms with Crippen molar-refractivity contribution < 1.29 is 9.90 Å². The number of fused-ring (bicyclic) bond motifs is 1. The van der Waals surface area contributed by atoms with Crippen LogP contribution < -0.4 is 5.73 Å². The molecule has 1 aromatic heterocycles. The summed E-state index contributed by atoms with van der Waals surface area (Å²) in [6, 6.07) is 4.90. The second kappa shape index (κ2) is 4.19. The summed E-state index contributed by atoms with van der Waals surface area (Å²) in [6.45, 7) is 1.94. The molecular formula is C11H12N2O2S. The lowest BCUT2D eigenvalue weighted by Crippen LogP contribution is -2.32. The Hall–Kier alpha value is -1.46. The smallest absolute Gasteiger partial charge is 0.320 e. The number of aryl methyl sites for hydroxylation is 1. The first-order valence-electron chi connectivity index (χ1n) is 4.91. The summed E-state index contributed by atoms with van der Waals surface area (Å²) in [6.07, 6.45) is 0.315. The number of aromatic nitrogens is 1. The number of hydrogen-bond donors (Lipinski definition) is 2. The summed E-state index contributed by atoms with van der Waals surface area (Å²) in [5.74, 6) is -0.982. The van der Waals surface area contributed by atoms with Gasteiger partial charge in [-0.15, -0.1) is 11.3 Å². The first kappa shape index (κ1) is 11.0. The van der Waals surface area contributed by atoms with Gasteiger partial charge in [0, 0.05) is 6.42 Å². The summed E-state index contributed by atoms with van der Waals surface area (Å²) in [5, 5.41) is 9.76. The van der Waals surface area contributed by atoms with E-state index in [1.807, 2.05) is 25.1 Å². The van der Waals surface area contributed by atoms with E-state index in [0.717, 1.165) is 20.8 Å². The number of para-hydroxylation sites is 1. The lowest BCUT2D eigenvalue weighted by atomic mass is 10.1. The number of thiazole rings is 1. The minimum absolute atomic E-state index is 0.315. The van der Waals surface area contributed by atoms with Crippen molar-refractivity contribution in [2.45, 2.75) is 19.4 Å². The van der Waals surface area contributed by atoms with Crippen molar-refractivity contribution >= 4 is 27.5 Å². The van der Waals surface area contributed by atoms with Gasteiger partial charge in [-0.25, -0.2) is 4.98 Å². The molecule has 0 amide bonds. The number of carboxylic acid groups (broad SMARTS) is 1. The number of carboxylic acids is 1. The summed E-state index contributed by atoms with van der Waals surface area (Å²) in [4.78, 5) is 15.1. The maximum Gasteiger partial charge on any atom is 0.320 e. The lowest BCUT2D eigenvalue weighted by molar-refractivity contribution is -0.138. The molecule has 5 heteroatoms. The maximum absolute atomic E-state index is 10.7. The largest absolute Gasteiger partial charge is 0.480 e. The highest BCUT2D eigenvalue weighted by Gasteiger charge is 2.15. The van der Waals surface area contributed by atoms with Crippen molar-refractivity contribution in [3.63, 3.8) is 0 Å². The summed E-state index contributed by atoms with van der Waals surface area (Å²) in [5.41, 5.74) is 7.30. The summed E-state index contributed by atoms with van der Waals surface area (Å²) < 4.78 is 1.08. The van der Waals surface area contributed by atoms with Gasteiger partial charge in [-0.2, -0.15) is 0 Å². The monoisotopic (exact) mass is 236 g/mol. The fourth-order valence-corrected chi connectivity index (χ4v) is 2.48. The molecule has 1 heterocycles. The average Bonchev–Trinajstić information content (AvgIpc) is 2.59. The maximum atomic E-state index is 10.7. The summed E-state index contributed by atoms with van der Waals surface area (Å²) >= 11 is 1.60. The number of nitrogens with two attached hydrogens (primary N) is 1. The van der Waals surface area contributed by atoms with Crippen molar-refractivity contribution in [3.8, 4) is 0 Å². The molecule has 0 saturated heterocycles. The fourth-order valence-electron chi connectivity index (χ4n) is 1.61. The summed E-state index contributed by atoms with van der Waals surface area (Å²) in [7, 11) is 0. The number of aliphatic carboxylic acids is 1. The zero-order valence-corrected chi connectivity index (χ0v) is 9.62. The van der Waals surface area contributed by atoms with E-state index in [4.69, 9.17) is 10.8 Å². The predicted octanol–water partition coefficient (Wildman–Crippen LogP) is 1.56. The molecule has 0 aliphatic carbocycles. The molecular weight excluding hydrogens is 224 g/mol. The van der Waals surface area contributed by atoms with Gasteiger partial charge in [-0.1, -0.05) is 12.1 Å². The van der Waals surface area contributed by atoms with Crippen molar-refractivity contribution in [2.24, 2.45) is 5.73 Å². The van der Waals surface area contributed by atoms with E-state index in [0.29, 0.717) is 6.42 Å². The molecule has 1 atom stereocenters. The Labute approximate surface area is 96.7 Å². The van der Waals surface area contributed by atoms with Crippen LogP contribution in [0.5, 0.6) is 0 Å². The number of benzene rings is 1. The van der Waals surface area contributed by atoms with Crippen molar-refractivity contribution in [1.82, 2.24) is 4.98 Å². The molecule has 0 fully saturated rings. The Morgan fingerprint density at radius 2 is 2.38 bits per heavy atom. The molecule has 1 aromatic carbocycles. The van der Waals surface area contributed by atoms with Crippen LogP contribution in [0.1, 0.15) is 10.6 Å². The molecule has 0 radical (unpaired) electrons. The van der Waals surface area contributed by atoms with Gasteiger partial charge in [-0.3, -0.25) is 4.79 Å². The Morgan fingerprint density at radius 3 is 3.06 bits per heavy atom. The number of carbonyl (C=O) groups is 1. The standard InChI is InChI=1S/C11H12N2O2S/c1-6-13-10-7(5-8(12)11(14)15)3-2-4-9(10)16-6/h2-4,8H,5,12H2,1H3,(H,14,15). The third kappa shape index (κ3) is 2.05. The molecule has 0 spiro atoms. The van der Waals surface area contributed by atoms with Gasteiger partial charge in [0.05, 0.1) is 15.2 Å². The molecule has 4 nitrogen and oxygen atoms in total. The van der Waals surface area contributed by atoms with E-state index >= 15 is 0 Å². The number of rotatable bonds is 3. The van der Waals surface area contributed by atoms with Gasteiger partial charge in [0.15, 0.2) is 0 Å². The molecule has 3 N–H and O–H groups in total. The Balaban J connectivity index is 2.40. The molecule has 1 unspecified atom stereocenters. The first-order valence-corrected chi connectivity index (χ1v) is 5.73. The van der Waals surface area contributed by atoms with Crippen molar-refractivity contribution in [3.05, 3.63) is 28.8 Å². The second-order valence-electron chi connectivity index (χ2n) is 3.65. The molecule has 0 bridgehead atoms. The topological polar surface area (TPSA) is 76.2 Å². The Bertz CT molecular complexity index is 536. The normalized spacial score (nSPS) is 12.9. The molecule has 2 rings (SSSR count). The SMILES string of the molecule is Cc1nc2c(CC(N)C(=O)O)cccc2s1. The Kier molecular flexibility index (Phi) is 2.89. The number of nitrogens with zero attached hydrogens (tertiary/aromatic N) is 1. The van der Waals surface area contributed by atoms with Crippen LogP contribution >= 0.6 is 11.3 Å². The highest BCUT2D eigenvalue weighted by atomic mass is 32.1. The molecule has 84 valence electrons. The van der Waals surface area contributed by atoms with Gasteiger partial charge in [0.1, 0.15) is 6.04 Å². The van der Waals surface area contributed by atoms with Crippen LogP contribution in [0.25, 0.3) is 10.2 Å². The minimum Gasteiger partial charge on any atom is -0.480 e. The highest BCUT2D eigenvalue weighted by molar-refractivity contribution is 7.18. The van der Waals surface area contributed by atoms with Crippen LogP contribution in [-0.4, -0.2) is 22.1 Å². The molecule has 16 heavy (non-hydrogen) atoms. The van der Waals surface area contributed by atoms with E-state index in [2.05, 4.69) is 4.98 Å². The van der Waals surface area contributed by atoms with E-state index in [-0.39, 0.29) is 0 Å². The van der Waals surface area contributed by atoms with Crippen LogP contribution in [0, 0.1) is 6.92 Å². The van der Waals surface area contributed by atoms with Gasteiger partial charge in [0.2, 0.25) is 0 Å². The third-order valence-electron chi connectivity index (χ3n) is 2.37. The van der Waals surface area contributed by atoms with Crippen LogP contribution in [0.3, 0.4) is 0 Å². The zero-order valence-electron chi connectivity index (χ0n) is 8.80. The van der Waals surface area contributed by atoms with E-state index < -0.39 is 12.0 Å². The van der Waals surface area contributed by atoms with Gasteiger partial charge < -0.3 is 10.8 Å². The van der Waals surface area contributed by atoms with E-state index in [1.54, 1.807) is 11.3 Å². The van der Waals surface area contributed by atoms with E-state index in [9.17, 15) is 4.79 Å². The fraction of sp³-hybridized carbons (Fsp3) is 0.273. The Morgan fingerprint density at radius 1 is 1.62 bits per heavy atom. The molecule has 0 aliphatic heterocycles. The van der Waals surface area contributed by atoms with Crippen molar-refractivity contribution in [1.29, 1.82) is 0 Å². The molecule has 0 aliphatic rings. The highest BCUT2D eigenvalue weighted by Crippen LogP contribution is 2.24. The predicted molar refractivity (Wildman–Crippen MR) is 63.7 cm³/mol. The quantitative estimate of drug-likeness (QED) is 0.848. The first-order chi connectivity index (χ1) is 7.58. The van der Waals surface area contributed by atoms with E-state index in [1.165, 1.54) is 0 Å². The molecule has 0 saturated carbocycles. The molecule has 2 aromatic rings.